The van der Waals surface area contributed by atoms with E-state index in [9.17, 15) is 0 Å². The number of nitrogens with one attached hydrogen (secondary N) is 2. The van der Waals surface area contributed by atoms with Crippen molar-refractivity contribution in [3.05, 3.63) is 12.4 Å². The summed E-state index contributed by atoms with van der Waals surface area (Å²) >= 11 is 0. The lowest BCUT2D eigenvalue weighted by atomic mass is 9.90. The first-order valence-electron chi connectivity index (χ1n) is 6.78. The zero-order valence-electron chi connectivity index (χ0n) is 10.5. The standard InChI is InChI=1S/C13H22N4/c1-17-9-13(8-15-17)14-5-4-10-6-11-2-3-12(7-10)16-11/h8-12,14,16H,2-7H2,1H3. The molecule has 17 heavy (non-hydrogen) atoms. The minimum absolute atomic E-state index is 0.817. The molecule has 0 radical (unpaired) electrons. The molecule has 0 aromatic carbocycles. The van der Waals surface area contributed by atoms with E-state index in [0.29, 0.717) is 0 Å². The maximum Gasteiger partial charge on any atom is 0.0726 e. The largest absolute Gasteiger partial charge is 0.383 e. The number of aromatic nitrogens is 2. The van der Waals surface area contributed by atoms with Crippen LogP contribution in [0.4, 0.5) is 5.69 Å². The van der Waals surface area contributed by atoms with Gasteiger partial charge in [0.25, 0.3) is 0 Å². The molecule has 2 saturated heterocycles. The van der Waals surface area contributed by atoms with Crippen LogP contribution in [0.3, 0.4) is 0 Å². The van der Waals surface area contributed by atoms with Gasteiger partial charge in [0.1, 0.15) is 0 Å². The van der Waals surface area contributed by atoms with Gasteiger partial charge in [-0.05, 0) is 38.0 Å². The van der Waals surface area contributed by atoms with E-state index in [0.717, 1.165) is 30.2 Å². The van der Waals surface area contributed by atoms with Crippen LogP contribution in [0.25, 0.3) is 0 Å². The maximum atomic E-state index is 4.16. The summed E-state index contributed by atoms with van der Waals surface area (Å²) in [5, 5.41) is 11.3. The molecule has 0 aliphatic carbocycles. The van der Waals surface area contributed by atoms with Crippen LogP contribution in [0.15, 0.2) is 12.4 Å². The van der Waals surface area contributed by atoms with Gasteiger partial charge in [-0.2, -0.15) is 5.10 Å². The van der Waals surface area contributed by atoms with Crippen LogP contribution < -0.4 is 10.6 Å². The second kappa shape index (κ2) is 4.69. The second-order valence-electron chi connectivity index (χ2n) is 5.59. The fraction of sp³-hybridized carbons (Fsp3) is 0.769. The third-order valence-electron chi connectivity index (χ3n) is 4.16. The van der Waals surface area contributed by atoms with Crippen molar-refractivity contribution in [1.29, 1.82) is 0 Å². The maximum absolute atomic E-state index is 4.16. The van der Waals surface area contributed by atoms with Crippen molar-refractivity contribution in [2.45, 2.75) is 44.2 Å². The lowest BCUT2D eigenvalue weighted by molar-refractivity contribution is 0.290. The van der Waals surface area contributed by atoms with Crippen LogP contribution in [0.5, 0.6) is 0 Å². The van der Waals surface area contributed by atoms with Crippen LogP contribution in [0.1, 0.15) is 32.1 Å². The van der Waals surface area contributed by atoms with Gasteiger partial charge in [0.05, 0.1) is 11.9 Å². The Labute approximate surface area is 103 Å². The quantitative estimate of drug-likeness (QED) is 0.834. The van der Waals surface area contributed by atoms with Crippen molar-refractivity contribution in [2.75, 3.05) is 11.9 Å². The highest BCUT2D eigenvalue weighted by molar-refractivity contribution is 5.37. The Bertz CT molecular complexity index is 361. The van der Waals surface area contributed by atoms with E-state index in [1.165, 1.54) is 32.1 Å². The van der Waals surface area contributed by atoms with E-state index in [1.54, 1.807) is 0 Å². The number of hydrogen-bond acceptors (Lipinski definition) is 3. The number of anilines is 1. The van der Waals surface area contributed by atoms with Crippen LogP contribution in [0.2, 0.25) is 0 Å². The Morgan fingerprint density at radius 1 is 1.41 bits per heavy atom. The summed E-state index contributed by atoms with van der Waals surface area (Å²) < 4.78 is 1.84. The molecule has 3 rings (SSSR count). The summed E-state index contributed by atoms with van der Waals surface area (Å²) in [7, 11) is 1.95. The summed E-state index contributed by atoms with van der Waals surface area (Å²) in [5.74, 6) is 0.915. The molecular formula is C13H22N4. The number of aryl methyl sites for hydroxylation is 1. The highest BCUT2D eigenvalue weighted by atomic mass is 15.3. The van der Waals surface area contributed by atoms with Gasteiger partial charge in [-0.25, -0.2) is 0 Å². The molecule has 2 N–H and O–H groups in total. The van der Waals surface area contributed by atoms with Crippen molar-refractivity contribution in [3.63, 3.8) is 0 Å². The predicted molar refractivity (Wildman–Crippen MR) is 69.0 cm³/mol. The third-order valence-corrected chi connectivity index (χ3v) is 4.16. The first kappa shape index (κ1) is 11.1. The van der Waals surface area contributed by atoms with Gasteiger partial charge in [0, 0.05) is 31.9 Å². The molecule has 3 heterocycles. The van der Waals surface area contributed by atoms with Crippen molar-refractivity contribution >= 4 is 5.69 Å². The molecule has 0 saturated carbocycles. The molecule has 0 spiro atoms. The molecule has 1 aromatic heterocycles. The van der Waals surface area contributed by atoms with Crippen molar-refractivity contribution in [3.8, 4) is 0 Å². The van der Waals surface area contributed by atoms with Crippen molar-refractivity contribution < 1.29 is 0 Å². The van der Waals surface area contributed by atoms with Gasteiger partial charge in [-0.15, -0.1) is 0 Å². The molecule has 94 valence electrons. The van der Waals surface area contributed by atoms with Crippen LogP contribution in [-0.4, -0.2) is 28.4 Å². The van der Waals surface area contributed by atoms with E-state index in [1.807, 2.05) is 24.1 Å². The topological polar surface area (TPSA) is 41.9 Å². The van der Waals surface area contributed by atoms with Crippen LogP contribution >= 0.6 is 0 Å². The number of hydrogen-bond donors (Lipinski definition) is 2. The fourth-order valence-electron chi connectivity index (χ4n) is 3.34. The van der Waals surface area contributed by atoms with E-state index < -0.39 is 0 Å². The molecule has 0 amide bonds. The van der Waals surface area contributed by atoms with Crippen molar-refractivity contribution in [1.82, 2.24) is 15.1 Å². The number of fused-ring (bicyclic) bond motifs is 2. The molecule has 4 nitrogen and oxygen atoms in total. The average molecular weight is 234 g/mol. The van der Waals surface area contributed by atoms with E-state index in [4.69, 9.17) is 0 Å². The number of piperidine rings is 1. The molecule has 2 bridgehead atoms. The van der Waals surface area contributed by atoms with Gasteiger partial charge in [0.2, 0.25) is 0 Å². The van der Waals surface area contributed by atoms with E-state index in [-0.39, 0.29) is 0 Å². The lowest BCUT2D eigenvalue weighted by Crippen LogP contribution is -2.38. The van der Waals surface area contributed by atoms with Crippen molar-refractivity contribution in [2.24, 2.45) is 13.0 Å². The molecule has 1 aromatic rings. The van der Waals surface area contributed by atoms with Crippen LogP contribution in [-0.2, 0) is 7.05 Å². The highest BCUT2D eigenvalue weighted by Crippen LogP contribution is 2.32. The Morgan fingerprint density at radius 2 is 2.18 bits per heavy atom. The van der Waals surface area contributed by atoms with E-state index in [2.05, 4.69) is 15.7 Å². The second-order valence-corrected chi connectivity index (χ2v) is 5.59. The summed E-state index contributed by atoms with van der Waals surface area (Å²) in [5.41, 5.74) is 1.14. The van der Waals surface area contributed by atoms with Crippen LogP contribution in [0, 0.1) is 5.92 Å². The predicted octanol–water partition coefficient (Wildman–Crippen LogP) is 1.75. The Kier molecular flexibility index (Phi) is 3.05. The lowest BCUT2D eigenvalue weighted by Gasteiger charge is -2.29. The fourth-order valence-corrected chi connectivity index (χ4v) is 3.34. The number of nitrogens with zero attached hydrogens (tertiary/aromatic N) is 2. The zero-order valence-corrected chi connectivity index (χ0v) is 10.5. The summed E-state index contributed by atoms with van der Waals surface area (Å²) in [6.45, 7) is 1.08. The first-order valence-corrected chi connectivity index (χ1v) is 6.78. The minimum Gasteiger partial charge on any atom is -0.383 e. The molecule has 2 aliphatic rings. The Hall–Kier alpha value is -1.03. The van der Waals surface area contributed by atoms with Gasteiger partial charge in [-0.1, -0.05) is 0 Å². The minimum atomic E-state index is 0.817. The van der Waals surface area contributed by atoms with Gasteiger partial charge in [-0.3, -0.25) is 4.68 Å². The summed E-state index contributed by atoms with van der Waals surface area (Å²) in [6.07, 6.45) is 10.8. The monoisotopic (exact) mass is 234 g/mol. The first-order chi connectivity index (χ1) is 8.29. The molecule has 2 unspecified atom stereocenters. The molecule has 2 aliphatic heterocycles. The molecule has 2 fully saturated rings. The number of rotatable bonds is 4. The molecular weight excluding hydrogens is 212 g/mol. The SMILES string of the molecule is Cn1cc(NCCC2CC3CCC(C2)N3)cn1. The molecule has 2 atom stereocenters. The van der Waals surface area contributed by atoms with Gasteiger partial charge >= 0.3 is 0 Å². The van der Waals surface area contributed by atoms with Gasteiger partial charge in [0.15, 0.2) is 0 Å². The average Bonchev–Trinajstić information content (AvgIpc) is 2.86. The van der Waals surface area contributed by atoms with E-state index >= 15 is 0 Å². The zero-order chi connectivity index (χ0) is 11.7. The summed E-state index contributed by atoms with van der Waals surface area (Å²) in [4.78, 5) is 0. The summed E-state index contributed by atoms with van der Waals surface area (Å²) in [6, 6.07) is 1.63. The normalized spacial score (nSPS) is 31.7. The third kappa shape index (κ3) is 2.63. The Morgan fingerprint density at radius 3 is 2.82 bits per heavy atom. The smallest absolute Gasteiger partial charge is 0.0726 e. The highest BCUT2D eigenvalue weighted by Gasteiger charge is 2.32. The Balaban J connectivity index is 1.42. The van der Waals surface area contributed by atoms with Gasteiger partial charge < -0.3 is 10.6 Å². The molecule has 4 heteroatoms.